The van der Waals surface area contributed by atoms with Crippen molar-refractivity contribution in [2.45, 2.75) is 84.2 Å². The maximum absolute atomic E-state index is 12.1. The van der Waals surface area contributed by atoms with Gasteiger partial charge in [-0.25, -0.2) is 0 Å². The van der Waals surface area contributed by atoms with Crippen LogP contribution in [0.15, 0.2) is 11.6 Å². The second kappa shape index (κ2) is 7.21. The summed E-state index contributed by atoms with van der Waals surface area (Å²) in [5.41, 5.74) is 1.49. The summed E-state index contributed by atoms with van der Waals surface area (Å²) in [6, 6.07) is 0. The highest BCUT2D eigenvalue weighted by atomic mass is 16.7. The molecule has 2 aliphatic heterocycles. The summed E-state index contributed by atoms with van der Waals surface area (Å²) < 4.78 is 17.9. The van der Waals surface area contributed by atoms with E-state index in [1.807, 2.05) is 6.08 Å². The number of fused-ring (bicyclic) bond motifs is 6. The van der Waals surface area contributed by atoms with Crippen molar-refractivity contribution in [2.75, 3.05) is 13.2 Å². The van der Waals surface area contributed by atoms with Gasteiger partial charge in [-0.2, -0.15) is 0 Å². The predicted molar refractivity (Wildman–Crippen MR) is 107 cm³/mol. The molecule has 5 rings (SSSR count). The van der Waals surface area contributed by atoms with Gasteiger partial charge in [0.25, 0.3) is 0 Å². The molecule has 156 valence electrons. The van der Waals surface area contributed by atoms with Crippen LogP contribution in [0.2, 0.25) is 0 Å². The van der Waals surface area contributed by atoms with Gasteiger partial charge in [0.05, 0.1) is 19.3 Å². The van der Waals surface area contributed by atoms with Crippen LogP contribution in [0, 0.1) is 35.0 Å². The highest BCUT2D eigenvalue weighted by Crippen LogP contribution is 2.63. The lowest BCUT2D eigenvalue weighted by Gasteiger charge is -2.49. The second-order valence-electron chi connectivity index (χ2n) is 10.4. The van der Waals surface area contributed by atoms with Gasteiger partial charge in [-0.3, -0.25) is 4.79 Å². The topological polar surface area (TPSA) is 48.1 Å². The van der Waals surface area contributed by atoms with Crippen molar-refractivity contribution in [3.8, 4) is 0 Å². The molecule has 0 N–H and O–H groups in total. The molecular formula is C24H36O4. The van der Waals surface area contributed by atoms with Crippen molar-refractivity contribution < 1.29 is 19.0 Å². The van der Waals surface area contributed by atoms with Crippen LogP contribution in [0.1, 0.15) is 65.7 Å². The molecule has 2 saturated heterocycles. The van der Waals surface area contributed by atoms with Crippen molar-refractivity contribution >= 4 is 5.78 Å². The fourth-order valence-corrected chi connectivity index (χ4v) is 7.14. The molecule has 5 aliphatic rings. The Balaban J connectivity index is 1.37. The zero-order chi connectivity index (χ0) is 19.5. The molecule has 3 aliphatic carbocycles. The number of epoxide rings is 1. The van der Waals surface area contributed by atoms with E-state index in [0.717, 1.165) is 19.6 Å². The third-order valence-corrected chi connectivity index (χ3v) is 8.92. The molecule has 2 saturated carbocycles. The highest BCUT2D eigenvalue weighted by Gasteiger charge is 2.63. The van der Waals surface area contributed by atoms with E-state index < -0.39 is 0 Å². The summed E-state index contributed by atoms with van der Waals surface area (Å²) >= 11 is 0. The monoisotopic (exact) mass is 388 g/mol. The molecule has 3 unspecified atom stereocenters. The molecule has 4 nitrogen and oxygen atoms in total. The number of carbonyl (C=O) groups is 1. The average Bonchev–Trinajstić information content (AvgIpc) is 3.24. The van der Waals surface area contributed by atoms with Gasteiger partial charge in [0.15, 0.2) is 12.1 Å². The Kier molecular flexibility index (Phi) is 4.96. The third-order valence-electron chi connectivity index (χ3n) is 8.92. The van der Waals surface area contributed by atoms with Gasteiger partial charge in [0.2, 0.25) is 0 Å². The smallest absolute Gasteiger partial charge is 0.160 e. The summed E-state index contributed by atoms with van der Waals surface area (Å²) in [7, 11) is 0. The average molecular weight is 389 g/mol. The molecule has 0 amide bonds. The first-order valence-corrected chi connectivity index (χ1v) is 11.6. The SMILES string of the molecule is CC1CC[C@H]([C@H](C)C2OCCO2)CCCC2C1[C@@H]1O[C@@H]1C1=CC(=O)CC[C@@]12C. The molecule has 0 bridgehead atoms. The maximum atomic E-state index is 12.1. The van der Waals surface area contributed by atoms with Crippen molar-refractivity contribution in [1.29, 1.82) is 0 Å². The van der Waals surface area contributed by atoms with Crippen LogP contribution < -0.4 is 0 Å². The zero-order valence-electron chi connectivity index (χ0n) is 17.7. The number of carbonyl (C=O) groups excluding carboxylic acids is 1. The van der Waals surface area contributed by atoms with Crippen LogP contribution in [0.5, 0.6) is 0 Å². The van der Waals surface area contributed by atoms with Crippen LogP contribution in [0.4, 0.5) is 0 Å². The number of allylic oxidation sites excluding steroid dienone is 1. The van der Waals surface area contributed by atoms with Gasteiger partial charge >= 0.3 is 0 Å². The summed E-state index contributed by atoms with van der Waals surface area (Å²) in [6.07, 6.45) is 10.6. The van der Waals surface area contributed by atoms with Crippen molar-refractivity contribution in [1.82, 2.24) is 0 Å². The fraction of sp³-hybridized carbons (Fsp3) is 0.875. The molecule has 0 aromatic rings. The Morgan fingerprint density at radius 3 is 2.71 bits per heavy atom. The first-order valence-electron chi connectivity index (χ1n) is 11.6. The molecule has 8 atom stereocenters. The lowest BCUT2D eigenvalue weighted by atomic mass is 9.53. The number of ketones is 1. The van der Waals surface area contributed by atoms with Crippen LogP contribution in [-0.2, 0) is 19.0 Å². The lowest BCUT2D eigenvalue weighted by Crippen LogP contribution is -2.47. The van der Waals surface area contributed by atoms with Crippen LogP contribution in [-0.4, -0.2) is 37.5 Å². The van der Waals surface area contributed by atoms with E-state index in [2.05, 4.69) is 20.8 Å². The molecule has 4 fully saturated rings. The molecule has 0 aromatic heterocycles. The van der Waals surface area contributed by atoms with E-state index in [1.165, 1.54) is 37.7 Å². The normalized spacial score (nSPS) is 47.7. The Morgan fingerprint density at radius 2 is 1.93 bits per heavy atom. The minimum Gasteiger partial charge on any atom is -0.365 e. The van der Waals surface area contributed by atoms with E-state index in [0.29, 0.717) is 47.9 Å². The van der Waals surface area contributed by atoms with E-state index in [4.69, 9.17) is 14.2 Å². The van der Waals surface area contributed by atoms with Gasteiger partial charge in [-0.15, -0.1) is 0 Å². The van der Waals surface area contributed by atoms with Crippen molar-refractivity contribution in [3.63, 3.8) is 0 Å². The van der Waals surface area contributed by atoms with Gasteiger partial charge in [0, 0.05) is 12.3 Å². The Bertz CT molecular complexity index is 651. The Labute approximate surface area is 169 Å². The number of rotatable bonds is 2. The summed E-state index contributed by atoms with van der Waals surface area (Å²) in [4.78, 5) is 12.1. The minimum absolute atomic E-state index is 0.00380. The lowest BCUT2D eigenvalue weighted by molar-refractivity contribution is -0.116. The Morgan fingerprint density at radius 1 is 1.14 bits per heavy atom. The van der Waals surface area contributed by atoms with Gasteiger partial charge < -0.3 is 14.2 Å². The van der Waals surface area contributed by atoms with E-state index >= 15 is 0 Å². The van der Waals surface area contributed by atoms with Crippen molar-refractivity contribution in [2.24, 2.45) is 35.0 Å². The Hall–Kier alpha value is -0.710. The molecular weight excluding hydrogens is 352 g/mol. The van der Waals surface area contributed by atoms with Crippen LogP contribution in [0.25, 0.3) is 0 Å². The summed E-state index contributed by atoms with van der Waals surface area (Å²) in [6.45, 7) is 8.71. The predicted octanol–water partition coefficient (Wildman–Crippen LogP) is 4.52. The quantitative estimate of drug-likeness (QED) is 0.653. The van der Waals surface area contributed by atoms with Crippen molar-refractivity contribution in [3.05, 3.63) is 11.6 Å². The molecule has 28 heavy (non-hydrogen) atoms. The van der Waals surface area contributed by atoms with E-state index in [1.54, 1.807) is 0 Å². The van der Waals surface area contributed by atoms with Gasteiger partial charge in [-0.1, -0.05) is 33.6 Å². The maximum Gasteiger partial charge on any atom is 0.160 e. The van der Waals surface area contributed by atoms with Crippen LogP contribution in [0.3, 0.4) is 0 Å². The largest absolute Gasteiger partial charge is 0.365 e. The molecule has 0 spiro atoms. The molecule has 0 radical (unpaired) electrons. The van der Waals surface area contributed by atoms with E-state index in [9.17, 15) is 4.79 Å². The van der Waals surface area contributed by atoms with E-state index in [-0.39, 0.29) is 17.8 Å². The van der Waals surface area contributed by atoms with Gasteiger partial charge in [-0.05, 0) is 66.4 Å². The second-order valence-corrected chi connectivity index (χ2v) is 10.4. The summed E-state index contributed by atoms with van der Waals surface area (Å²) in [5.74, 6) is 3.43. The standard InChI is InChI=1S/C24H36O4/c1-14-7-8-16(15(2)23-26-11-12-27-23)5-4-6-18-20(14)22-21(28-22)19-13-17(25)9-10-24(18,19)3/h13-16,18,20-23H,4-12H2,1-3H3/t14?,15-,16+,18?,20?,21+,22-,24+/m0/s1. The number of ether oxygens (including phenoxy) is 3. The minimum atomic E-state index is -0.00380. The first-order chi connectivity index (χ1) is 13.5. The molecule has 0 aromatic carbocycles. The number of hydrogen-bond donors (Lipinski definition) is 0. The third kappa shape index (κ3) is 3.11. The molecule has 4 heteroatoms. The fourth-order valence-electron chi connectivity index (χ4n) is 7.14. The van der Waals surface area contributed by atoms with Crippen LogP contribution >= 0.6 is 0 Å². The first kappa shape index (κ1) is 19.3. The molecule has 2 heterocycles. The zero-order valence-corrected chi connectivity index (χ0v) is 17.7. The summed E-state index contributed by atoms with van der Waals surface area (Å²) in [5, 5.41) is 0. The van der Waals surface area contributed by atoms with Gasteiger partial charge in [0.1, 0.15) is 6.10 Å². The number of hydrogen-bond acceptors (Lipinski definition) is 4. The highest BCUT2D eigenvalue weighted by molar-refractivity contribution is 5.92.